The Labute approximate surface area is 325 Å². The van der Waals surface area contributed by atoms with Gasteiger partial charge in [0.15, 0.2) is 12.1 Å². The first-order valence-corrected chi connectivity index (χ1v) is 20.7. The van der Waals surface area contributed by atoms with Gasteiger partial charge in [0.05, 0.1) is 37.1 Å². The molecule has 1 saturated carbocycles. The van der Waals surface area contributed by atoms with Crippen molar-refractivity contribution in [1.29, 1.82) is 0 Å². The number of allylic oxidation sites excluding steroid dienone is 2. The maximum absolute atomic E-state index is 14.4. The Hall–Kier alpha value is -2.42. The van der Waals surface area contributed by atoms with Gasteiger partial charge in [-0.25, -0.2) is 0 Å². The van der Waals surface area contributed by atoms with Gasteiger partial charge in [0.1, 0.15) is 35.5 Å². The molecule has 14 atom stereocenters. The quantitative estimate of drug-likeness (QED) is 0.132. The average Bonchev–Trinajstić information content (AvgIpc) is 3.50. The fraction of sp³-hybridized carbons (Fsp3) is 0.767. The van der Waals surface area contributed by atoms with Crippen LogP contribution in [-0.2, 0) is 38.0 Å². The number of aliphatic hydroxyl groups excluding tert-OH is 1. The molecule has 5 fully saturated rings. The third-order valence-corrected chi connectivity index (χ3v) is 13.6. The Morgan fingerprint density at radius 3 is 2.55 bits per heavy atom. The van der Waals surface area contributed by atoms with Gasteiger partial charge in [0, 0.05) is 38.7 Å². The van der Waals surface area contributed by atoms with E-state index in [0.29, 0.717) is 55.1 Å². The molecule has 0 amide bonds. The van der Waals surface area contributed by atoms with Crippen LogP contribution in [0, 0.1) is 23.7 Å². The summed E-state index contributed by atoms with van der Waals surface area (Å²) in [5.41, 5.74) is 0.362. The van der Waals surface area contributed by atoms with Gasteiger partial charge in [0.25, 0.3) is 0 Å². The molecule has 7 rings (SSSR count). The van der Waals surface area contributed by atoms with Gasteiger partial charge in [-0.15, -0.1) is 0 Å². The molecule has 1 unspecified atom stereocenters. The standard InChI is InChI=1S/C43H63NO11/c1-24-11-10-14-30-23-50-40-36(44-48)27(4)19-33(43(30,40)47)41(46)52-32-20-31(16-15-25(2)38(24)53-35-21-34(49-6)37(45)28(5)51-35)54-42(22-32)18-17-26(3)39(55-42)29-12-8-7-9-13-29/h10-11,14-15,19,24,26,28-29,31-35,37-40,45,47-48H,7-9,12-13,16-18,20-23H2,1-6H3/b11-10+,25-15+,30-14+,44-36+/t24-,26-,28-,31+,32-,33-,34-,35-,37-,38-,39?,40+,42+,43+/m0/s1. The number of ether oxygens (including phenoxy) is 7. The number of carbonyl (C=O) groups excluding carboxylic acids is 1. The zero-order valence-electron chi connectivity index (χ0n) is 33.4. The van der Waals surface area contributed by atoms with Gasteiger partial charge < -0.3 is 48.6 Å². The fourth-order valence-corrected chi connectivity index (χ4v) is 10.4. The van der Waals surface area contributed by atoms with Crippen molar-refractivity contribution in [2.24, 2.45) is 28.8 Å². The zero-order valence-corrected chi connectivity index (χ0v) is 33.4. The van der Waals surface area contributed by atoms with E-state index in [2.05, 4.69) is 32.0 Å². The summed E-state index contributed by atoms with van der Waals surface area (Å²) in [5.74, 6) is -1.83. The van der Waals surface area contributed by atoms with Crippen molar-refractivity contribution in [3.8, 4) is 0 Å². The van der Waals surface area contributed by atoms with E-state index in [1.807, 2.05) is 19.1 Å². The van der Waals surface area contributed by atoms with E-state index in [1.165, 1.54) is 19.3 Å². The van der Waals surface area contributed by atoms with Gasteiger partial charge >= 0.3 is 5.97 Å². The van der Waals surface area contributed by atoms with Crippen LogP contribution in [0.3, 0.4) is 0 Å². The van der Waals surface area contributed by atoms with Gasteiger partial charge in [-0.1, -0.05) is 68.6 Å². The molecule has 5 aliphatic heterocycles. The molecule has 7 aliphatic rings. The van der Waals surface area contributed by atoms with E-state index in [4.69, 9.17) is 33.2 Å². The molecule has 306 valence electrons. The minimum absolute atomic E-state index is 0.0359. The molecule has 2 aliphatic carbocycles. The topological polar surface area (TPSA) is 155 Å². The largest absolute Gasteiger partial charge is 0.462 e. The summed E-state index contributed by atoms with van der Waals surface area (Å²) in [4.78, 5) is 14.4. The molecule has 5 heterocycles. The summed E-state index contributed by atoms with van der Waals surface area (Å²) in [6.07, 6.45) is 14.4. The van der Waals surface area contributed by atoms with E-state index in [-0.39, 0.29) is 30.4 Å². The molecular formula is C43H63NO11. The first-order chi connectivity index (χ1) is 26.4. The predicted molar refractivity (Wildman–Crippen MR) is 203 cm³/mol. The van der Waals surface area contributed by atoms with Crippen molar-refractivity contribution in [2.75, 3.05) is 13.7 Å². The number of fused-ring (bicyclic) bond motifs is 2. The molecule has 0 aromatic carbocycles. The summed E-state index contributed by atoms with van der Waals surface area (Å²) in [7, 11) is 1.59. The van der Waals surface area contributed by atoms with Crippen LogP contribution in [0.1, 0.15) is 105 Å². The second-order valence-electron chi connectivity index (χ2n) is 17.4. The number of nitrogens with zero attached hydrogens (tertiary/aromatic N) is 1. The third-order valence-electron chi connectivity index (χ3n) is 13.6. The highest BCUT2D eigenvalue weighted by Gasteiger charge is 2.60. The summed E-state index contributed by atoms with van der Waals surface area (Å²) in [6, 6.07) is 0. The molecule has 1 spiro atoms. The second kappa shape index (κ2) is 16.8. The minimum Gasteiger partial charge on any atom is -0.462 e. The first kappa shape index (κ1) is 40.8. The number of oxime groups is 1. The Bertz CT molecular complexity index is 1550. The number of esters is 1. The summed E-state index contributed by atoms with van der Waals surface area (Å²) >= 11 is 0. The highest BCUT2D eigenvalue weighted by Crippen LogP contribution is 2.48. The van der Waals surface area contributed by atoms with E-state index in [9.17, 15) is 20.2 Å². The van der Waals surface area contributed by atoms with Crippen LogP contribution < -0.4 is 0 Å². The van der Waals surface area contributed by atoms with Crippen LogP contribution in [0.5, 0.6) is 0 Å². The molecule has 0 radical (unpaired) electrons. The highest BCUT2D eigenvalue weighted by molar-refractivity contribution is 6.06. The maximum Gasteiger partial charge on any atom is 0.316 e. The molecule has 12 heteroatoms. The molecular weight excluding hydrogens is 706 g/mol. The Balaban J connectivity index is 1.25. The lowest BCUT2D eigenvalue weighted by Gasteiger charge is -2.51. The van der Waals surface area contributed by atoms with Crippen molar-refractivity contribution in [2.45, 2.75) is 172 Å². The number of methoxy groups -OCH3 is 1. The van der Waals surface area contributed by atoms with Crippen LogP contribution in [-0.4, -0.2) is 107 Å². The van der Waals surface area contributed by atoms with Crippen molar-refractivity contribution in [3.63, 3.8) is 0 Å². The van der Waals surface area contributed by atoms with E-state index < -0.39 is 66.2 Å². The predicted octanol–water partition coefficient (Wildman–Crippen LogP) is 6.07. The second-order valence-corrected chi connectivity index (χ2v) is 17.4. The van der Waals surface area contributed by atoms with Crippen LogP contribution in [0.2, 0.25) is 0 Å². The van der Waals surface area contributed by atoms with Crippen molar-refractivity contribution in [1.82, 2.24) is 0 Å². The average molecular weight is 770 g/mol. The number of aliphatic hydroxyl groups is 2. The summed E-state index contributed by atoms with van der Waals surface area (Å²) in [5, 5.41) is 36.7. The van der Waals surface area contributed by atoms with E-state index >= 15 is 0 Å². The number of rotatable bonds is 4. The molecule has 12 nitrogen and oxygen atoms in total. The normalized spacial score (nSPS) is 47.9. The fourth-order valence-electron chi connectivity index (χ4n) is 10.4. The van der Waals surface area contributed by atoms with E-state index in [1.54, 1.807) is 26.2 Å². The van der Waals surface area contributed by atoms with Gasteiger partial charge in [0.2, 0.25) is 0 Å². The Kier molecular flexibility index (Phi) is 12.5. The Morgan fingerprint density at radius 2 is 1.80 bits per heavy atom. The van der Waals surface area contributed by atoms with Crippen molar-refractivity contribution >= 4 is 11.7 Å². The van der Waals surface area contributed by atoms with Gasteiger partial charge in [-0.2, -0.15) is 0 Å². The lowest BCUT2D eigenvalue weighted by Crippen LogP contribution is -2.57. The third kappa shape index (κ3) is 8.17. The molecule has 0 aromatic rings. The molecule has 3 N–H and O–H groups in total. The van der Waals surface area contributed by atoms with Crippen molar-refractivity contribution < 1.29 is 53.4 Å². The van der Waals surface area contributed by atoms with Crippen LogP contribution in [0.4, 0.5) is 0 Å². The van der Waals surface area contributed by atoms with Crippen LogP contribution in [0.15, 0.2) is 52.3 Å². The Morgan fingerprint density at radius 1 is 1.02 bits per heavy atom. The van der Waals surface area contributed by atoms with Crippen LogP contribution in [0.25, 0.3) is 0 Å². The van der Waals surface area contributed by atoms with Crippen molar-refractivity contribution in [3.05, 3.63) is 47.1 Å². The summed E-state index contributed by atoms with van der Waals surface area (Å²) in [6.45, 7) is 10.0. The minimum atomic E-state index is -1.83. The number of hydrogen-bond acceptors (Lipinski definition) is 12. The highest BCUT2D eigenvalue weighted by atomic mass is 16.7. The van der Waals surface area contributed by atoms with Crippen LogP contribution >= 0.6 is 0 Å². The van der Waals surface area contributed by atoms with Gasteiger partial charge in [-0.3, -0.25) is 4.79 Å². The SMILES string of the molecule is CO[C@H]1C[C@H](O[C@@H]2/C(C)=C/C[C@@H]3C[C@@H](C[C@]4(CC[C@H](C)C(C5CCCCC5)O4)O3)OC(=O)[C@@H]3C=C(C)/C(=N\O)[C@H]4OC/C(=C\C=C\[C@@H]2C)[C@]43O)O[C@@H](C)[C@@H]1O. The molecule has 0 aromatic heterocycles. The number of carbonyl (C=O) groups is 1. The van der Waals surface area contributed by atoms with E-state index in [0.717, 1.165) is 24.8 Å². The molecule has 55 heavy (non-hydrogen) atoms. The monoisotopic (exact) mass is 769 g/mol. The van der Waals surface area contributed by atoms with Gasteiger partial charge in [-0.05, 0) is 75.0 Å². The maximum atomic E-state index is 14.4. The number of hydrogen-bond donors (Lipinski definition) is 3. The first-order valence-electron chi connectivity index (χ1n) is 20.7. The molecule has 4 saturated heterocycles. The lowest BCUT2D eigenvalue weighted by molar-refractivity contribution is -0.342. The zero-order chi connectivity index (χ0) is 39.1. The lowest BCUT2D eigenvalue weighted by atomic mass is 9.71. The molecule has 2 bridgehead atoms. The summed E-state index contributed by atoms with van der Waals surface area (Å²) < 4.78 is 45.1. The smallest absolute Gasteiger partial charge is 0.316 e.